The van der Waals surface area contributed by atoms with Crippen molar-refractivity contribution in [2.24, 2.45) is 0 Å². The molecule has 2 nitrogen and oxygen atoms in total. The molecular weight excluding hydrogens is 171 g/mol. The summed E-state index contributed by atoms with van der Waals surface area (Å²) in [6.45, 7) is 3.40. The van der Waals surface area contributed by atoms with Crippen LogP contribution in [0.5, 0.6) is 0 Å². The zero-order valence-electron chi connectivity index (χ0n) is 7.85. The molecule has 0 unspecified atom stereocenters. The summed E-state index contributed by atoms with van der Waals surface area (Å²) in [5.41, 5.74) is 1.54. The average molecular weight is 182 g/mol. The Bertz CT molecular complexity index is 345. The summed E-state index contributed by atoms with van der Waals surface area (Å²) in [5, 5.41) is 0. The Hall–Kier alpha value is -1.38. The lowest BCUT2D eigenvalue weighted by atomic mass is 10.1. The second-order valence-electron chi connectivity index (χ2n) is 2.91. The van der Waals surface area contributed by atoms with Crippen LogP contribution in [0.25, 0.3) is 0 Å². The van der Waals surface area contributed by atoms with Crippen molar-refractivity contribution in [1.29, 1.82) is 0 Å². The fourth-order valence-electron chi connectivity index (χ4n) is 1.16. The van der Waals surface area contributed by atoms with Gasteiger partial charge in [-0.3, -0.25) is 0 Å². The van der Waals surface area contributed by atoms with Crippen molar-refractivity contribution >= 4 is 5.97 Å². The summed E-state index contributed by atoms with van der Waals surface area (Å²) < 4.78 is 17.6. The fourth-order valence-corrected chi connectivity index (χ4v) is 1.16. The van der Waals surface area contributed by atoms with Crippen LogP contribution in [0.1, 0.15) is 21.5 Å². The van der Waals surface area contributed by atoms with Crippen LogP contribution in [0.4, 0.5) is 4.39 Å². The van der Waals surface area contributed by atoms with E-state index in [2.05, 4.69) is 4.74 Å². The number of carbonyl (C=O) groups is 1. The lowest BCUT2D eigenvalue weighted by Gasteiger charge is -2.05. The third kappa shape index (κ3) is 1.86. The van der Waals surface area contributed by atoms with Crippen molar-refractivity contribution in [3.8, 4) is 0 Å². The van der Waals surface area contributed by atoms with E-state index in [4.69, 9.17) is 0 Å². The van der Waals surface area contributed by atoms with Crippen LogP contribution in [0.15, 0.2) is 12.1 Å². The van der Waals surface area contributed by atoms with E-state index in [-0.39, 0.29) is 11.4 Å². The standard InChI is InChI=1S/C10H11FO2/c1-6-4-7(2)9(11)5-8(6)10(12)13-3/h4-5H,1-3H3. The minimum atomic E-state index is -0.503. The topological polar surface area (TPSA) is 26.3 Å². The minimum Gasteiger partial charge on any atom is -0.465 e. The van der Waals surface area contributed by atoms with E-state index in [0.29, 0.717) is 5.56 Å². The van der Waals surface area contributed by atoms with Crippen molar-refractivity contribution in [2.45, 2.75) is 13.8 Å². The van der Waals surface area contributed by atoms with E-state index in [1.165, 1.54) is 13.2 Å². The number of hydrogen-bond acceptors (Lipinski definition) is 2. The van der Waals surface area contributed by atoms with Gasteiger partial charge < -0.3 is 4.74 Å². The minimum absolute atomic E-state index is 0.283. The van der Waals surface area contributed by atoms with Gasteiger partial charge in [0.15, 0.2) is 0 Å². The Morgan fingerprint density at radius 3 is 2.46 bits per heavy atom. The van der Waals surface area contributed by atoms with Gasteiger partial charge >= 0.3 is 5.97 Å². The second kappa shape index (κ2) is 3.56. The number of esters is 1. The van der Waals surface area contributed by atoms with Crippen LogP contribution in [-0.2, 0) is 4.74 Å². The zero-order valence-corrected chi connectivity index (χ0v) is 7.85. The Balaban J connectivity index is 3.23. The predicted molar refractivity (Wildman–Crippen MR) is 47.2 cm³/mol. The van der Waals surface area contributed by atoms with Gasteiger partial charge in [0.25, 0.3) is 0 Å². The molecule has 0 radical (unpaired) electrons. The van der Waals surface area contributed by atoms with Crippen molar-refractivity contribution in [3.63, 3.8) is 0 Å². The molecule has 0 spiro atoms. The molecule has 0 bridgehead atoms. The molecule has 0 aliphatic rings. The van der Waals surface area contributed by atoms with Gasteiger partial charge in [-0.15, -0.1) is 0 Å². The number of carbonyl (C=O) groups excluding carboxylic acids is 1. The SMILES string of the molecule is COC(=O)c1cc(F)c(C)cc1C. The molecule has 0 aromatic heterocycles. The smallest absolute Gasteiger partial charge is 0.338 e. The van der Waals surface area contributed by atoms with E-state index < -0.39 is 5.97 Å². The van der Waals surface area contributed by atoms with E-state index in [0.717, 1.165) is 5.56 Å². The molecular formula is C10H11FO2. The quantitative estimate of drug-likeness (QED) is 0.622. The Morgan fingerprint density at radius 1 is 1.31 bits per heavy atom. The fraction of sp³-hybridized carbons (Fsp3) is 0.300. The summed E-state index contributed by atoms with van der Waals surface area (Å²) in [6.07, 6.45) is 0. The summed E-state index contributed by atoms with van der Waals surface area (Å²) in [7, 11) is 1.28. The molecule has 0 aliphatic carbocycles. The zero-order chi connectivity index (χ0) is 10.0. The molecule has 0 fully saturated rings. The Morgan fingerprint density at radius 2 is 1.92 bits per heavy atom. The van der Waals surface area contributed by atoms with Crippen LogP contribution in [-0.4, -0.2) is 13.1 Å². The number of halogens is 1. The van der Waals surface area contributed by atoms with Gasteiger partial charge in [0, 0.05) is 0 Å². The molecule has 0 saturated heterocycles. The molecule has 0 saturated carbocycles. The van der Waals surface area contributed by atoms with Crippen molar-refractivity contribution in [2.75, 3.05) is 7.11 Å². The first-order chi connectivity index (χ1) is 6.06. The largest absolute Gasteiger partial charge is 0.465 e. The highest BCUT2D eigenvalue weighted by atomic mass is 19.1. The van der Waals surface area contributed by atoms with Gasteiger partial charge in [-0.1, -0.05) is 6.07 Å². The molecule has 1 aromatic carbocycles. The molecule has 0 amide bonds. The van der Waals surface area contributed by atoms with Gasteiger partial charge in [0.2, 0.25) is 0 Å². The molecule has 70 valence electrons. The van der Waals surface area contributed by atoms with Gasteiger partial charge in [-0.2, -0.15) is 0 Å². The first-order valence-electron chi connectivity index (χ1n) is 3.91. The Kier molecular flexibility index (Phi) is 2.66. The highest BCUT2D eigenvalue weighted by molar-refractivity contribution is 5.91. The van der Waals surface area contributed by atoms with Crippen molar-refractivity contribution in [1.82, 2.24) is 0 Å². The third-order valence-corrected chi connectivity index (χ3v) is 1.91. The van der Waals surface area contributed by atoms with E-state index in [1.807, 2.05) is 0 Å². The van der Waals surface area contributed by atoms with Gasteiger partial charge in [-0.05, 0) is 31.0 Å². The molecule has 1 rings (SSSR count). The molecule has 0 aliphatic heterocycles. The highest BCUT2D eigenvalue weighted by Gasteiger charge is 2.11. The molecule has 0 N–H and O–H groups in total. The number of ether oxygens (including phenoxy) is 1. The van der Waals surface area contributed by atoms with Crippen LogP contribution < -0.4 is 0 Å². The lowest BCUT2D eigenvalue weighted by Crippen LogP contribution is -2.05. The maximum Gasteiger partial charge on any atom is 0.338 e. The first-order valence-corrected chi connectivity index (χ1v) is 3.91. The summed E-state index contributed by atoms with van der Waals surface area (Å²) in [4.78, 5) is 11.1. The number of aryl methyl sites for hydroxylation is 2. The summed E-state index contributed by atoms with van der Waals surface area (Å²) in [6, 6.07) is 2.83. The third-order valence-electron chi connectivity index (χ3n) is 1.91. The van der Waals surface area contributed by atoms with Crippen LogP contribution >= 0.6 is 0 Å². The number of methoxy groups -OCH3 is 1. The molecule has 0 heterocycles. The normalized spacial score (nSPS) is 9.85. The number of hydrogen-bond donors (Lipinski definition) is 0. The van der Waals surface area contributed by atoms with Gasteiger partial charge in [0.05, 0.1) is 12.7 Å². The van der Waals surface area contributed by atoms with E-state index in [9.17, 15) is 9.18 Å². The highest BCUT2D eigenvalue weighted by Crippen LogP contribution is 2.15. The van der Waals surface area contributed by atoms with E-state index >= 15 is 0 Å². The molecule has 1 aromatic rings. The molecule has 3 heteroatoms. The lowest BCUT2D eigenvalue weighted by molar-refractivity contribution is 0.0599. The Labute approximate surface area is 76.3 Å². The summed E-state index contributed by atoms with van der Waals surface area (Å²) in [5.74, 6) is -0.887. The molecule has 0 atom stereocenters. The number of rotatable bonds is 1. The first kappa shape index (κ1) is 9.71. The van der Waals surface area contributed by atoms with E-state index in [1.54, 1.807) is 19.9 Å². The van der Waals surface area contributed by atoms with Crippen LogP contribution in [0, 0.1) is 19.7 Å². The van der Waals surface area contributed by atoms with Gasteiger partial charge in [0.1, 0.15) is 5.82 Å². The average Bonchev–Trinajstić information content (AvgIpc) is 2.10. The molecule has 13 heavy (non-hydrogen) atoms. The van der Waals surface area contributed by atoms with Crippen molar-refractivity contribution in [3.05, 3.63) is 34.6 Å². The summed E-state index contributed by atoms with van der Waals surface area (Å²) >= 11 is 0. The van der Waals surface area contributed by atoms with Crippen LogP contribution in [0.3, 0.4) is 0 Å². The number of benzene rings is 1. The second-order valence-corrected chi connectivity index (χ2v) is 2.91. The monoisotopic (exact) mass is 182 g/mol. The maximum atomic E-state index is 13.0. The van der Waals surface area contributed by atoms with Crippen LogP contribution in [0.2, 0.25) is 0 Å². The van der Waals surface area contributed by atoms with Gasteiger partial charge in [-0.25, -0.2) is 9.18 Å². The van der Waals surface area contributed by atoms with Crippen molar-refractivity contribution < 1.29 is 13.9 Å². The maximum absolute atomic E-state index is 13.0. The predicted octanol–water partition coefficient (Wildman–Crippen LogP) is 2.23.